The number of piperidine rings is 1. The standard InChI is InChI=1S/C26H26BF3N5O3/c1-38-24(37)19-8-11-31-21(14-19)6-7-23-22(26(28,29)30)15-32-25(34-23)33-20-4-2-17(3-5-20)18-9-12-35(13-10-18)27-16-36/h2-5,8,11,14-16,18H,6-7,9-10,12-13H2,1H3,(H,32,33,34). The molecule has 0 spiro atoms. The van der Waals surface area contributed by atoms with Crippen LogP contribution in [0, 0.1) is 0 Å². The van der Waals surface area contributed by atoms with Gasteiger partial charge in [0.05, 0.1) is 30.1 Å². The Kier molecular flexibility index (Phi) is 8.72. The summed E-state index contributed by atoms with van der Waals surface area (Å²) in [7, 11) is 2.82. The SMILES string of the molecule is COC(=O)c1ccnc(CCc2nc(Nc3ccc(C4CCN([B]C=O)CC4)cc3)ncc2C(F)(F)F)c1. The number of ether oxygens (including phenoxy) is 1. The Balaban J connectivity index is 1.45. The summed E-state index contributed by atoms with van der Waals surface area (Å²) in [6.07, 6.45) is 0.327. The summed E-state index contributed by atoms with van der Waals surface area (Å²) in [5.41, 5.74) is 1.44. The van der Waals surface area contributed by atoms with Gasteiger partial charge in [-0.25, -0.2) is 14.8 Å². The zero-order valence-electron chi connectivity index (χ0n) is 20.7. The number of pyridine rings is 1. The van der Waals surface area contributed by atoms with Gasteiger partial charge in [-0.15, -0.1) is 0 Å². The van der Waals surface area contributed by atoms with Gasteiger partial charge >= 0.3 is 12.1 Å². The monoisotopic (exact) mass is 524 g/mol. The van der Waals surface area contributed by atoms with Crippen molar-refractivity contribution >= 4 is 31.2 Å². The van der Waals surface area contributed by atoms with E-state index in [4.69, 9.17) is 0 Å². The molecule has 3 heterocycles. The van der Waals surface area contributed by atoms with Crippen molar-refractivity contribution in [1.29, 1.82) is 0 Å². The first-order valence-electron chi connectivity index (χ1n) is 12.1. The third-order valence-electron chi connectivity index (χ3n) is 6.47. The largest absolute Gasteiger partial charge is 0.465 e. The average Bonchev–Trinajstić information content (AvgIpc) is 2.92. The molecule has 1 fully saturated rings. The minimum Gasteiger partial charge on any atom is -0.465 e. The first-order valence-corrected chi connectivity index (χ1v) is 12.1. The molecule has 3 aromatic rings. The molecule has 0 amide bonds. The van der Waals surface area contributed by atoms with Crippen molar-refractivity contribution in [3.05, 3.63) is 76.9 Å². The molecule has 0 bridgehead atoms. The molecule has 1 aliphatic rings. The molecule has 2 aromatic heterocycles. The molecule has 1 radical (unpaired) electrons. The van der Waals surface area contributed by atoms with Gasteiger partial charge in [-0.1, -0.05) is 12.1 Å². The lowest BCUT2D eigenvalue weighted by Crippen LogP contribution is -2.36. The van der Waals surface area contributed by atoms with E-state index in [1.807, 2.05) is 29.1 Å². The van der Waals surface area contributed by atoms with Crippen molar-refractivity contribution in [3.63, 3.8) is 0 Å². The summed E-state index contributed by atoms with van der Waals surface area (Å²) in [4.78, 5) is 36.6. The first-order chi connectivity index (χ1) is 18.3. The van der Waals surface area contributed by atoms with Crippen LogP contribution in [0.25, 0.3) is 0 Å². The molecule has 197 valence electrons. The Morgan fingerprint density at radius 1 is 1.16 bits per heavy atom. The molecule has 1 N–H and O–H groups in total. The van der Waals surface area contributed by atoms with Crippen molar-refractivity contribution in [2.24, 2.45) is 0 Å². The van der Waals surface area contributed by atoms with E-state index in [0.717, 1.165) is 43.9 Å². The molecule has 38 heavy (non-hydrogen) atoms. The Labute approximate surface area is 218 Å². The fraction of sp³-hybridized carbons (Fsp3) is 0.346. The normalized spacial score (nSPS) is 14.6. The Bertz CT molecular complexity index is 1270. The zero-order valence-corrected chi connectivity index (χ0v) is 20.7. The number of aromatic nitrogens is 3. The number of nitrogens with zero attached hydrogens (tertiary/aromatic N) is 4. The van der Waals surface area contributed by atoms with Crippen LogP contribution in [0.2, 0.25) is 0 Å². The molecule has 1 saturated heterocycles. The number of hydrogen-bond donors (Lipinski definition) is 1. The molecule has 8 nitrogen and oxygen atoms in total. The summed E-state index contributed by atoms with van der Waals surface area (Å²) in [6, 6.07) is 10.6. The Morgan fingerprint density at radius 3 is 2.55 bits per heavy atom. The van der Waals surface area contributed by atoms with Crippen LogP contribution in [0.5, 0.6) is 0 Å². The number of nitrogens with one attached hydrogen (secondary N) is 1. The van der Waals surface area contributed by atoms with Crippen LogP contribution in [-0.4, -0.2) is 59.5 Å². The van der Waals surface area contributed by atoms with Crippen molar-refractivity contribution < 1.29 is 27.5 Å². The van der Waals surface area contributed by atoms with Gasteiger partial charge in [-0.3, -0.25) is 4.98 Å². The molecule has 1 aliphatic heterocycles. The summed E-state index contributed by atoms with van der Waals surface area (Å²) < 4.78 is 45.6. The third kappa shape index (κ3) is 6.94. The third-order valence-corrected chi connectivity index (χ3v) is 6.47. The maximum absolute atomic E-state index is 13.6. The predicted molar refractivity (Wildman–Crippen MR) is 136 cm³/mol. The lowest BCUT2D eigenvalue weighted by molar-refractivity contribution is -0.138. The Morgan fingerprint density at radius 2 is 1.89 bits per heavy atom. The van der Waals surface area contributed by atoms with Crippen LogP contribution >= 0.6 is 0 Å². The molecule has 0 atom stereocenters. The van der Waals surface area contributed by atoms with Crippen molar-refractivity contribution in [1.82, 2.24) is 19.8 Å². The summed E-state index contributed by atoms with van der Waals surface area (Å²) >= 11 is 0. The van der Waals surface area contributed by atoms with Crippen molar-refractivity contribution in [2.75, 3.05) is 25.5 Å². The van der Waals surface area contributed by atoms with Crippen molar-refractivity contribution in [3.8, 4) is 0 Å². The van der Waals surface area contributed by atoms with Crippen LogP contribution in [0.4, 0.5) is 24.8 Å². The number of benzene rings is 1. The highest BCUT2D eigenvalue weighted by atomic mass is 19.4. The summed E-state index contributed by atoms with van der Waals surface area (Å²) in [5, 5.41) is 2.99. The molecule has 0 aliphatic carbocycles. The number of aryl methyl sites for hydroxylation is 2. The van der Waals surface area contributed by atoms with Gasteiger partial charge in [0.25, 0.3) is 7.41 Å². The smallest absolute Gasteiger partial charge is 0.419 e. The second kappa shape index (κ2) is 12.2. The second-order valence-corrected chi connectivity index (χ2v) is 8.92. The predicted octanol–water partition coefficient (Wildman–Crippen LogP) is 4.19. The highest BCUT2D eigenvalue weighted by Crippen LogP contribution is 2.33. The van der Waals surface area contributed by atoms with Crippen LogP contribution in [0.15, 0.2) is 48.8 Å². The van der Waals surface area contributed by atoms with Gasteiger partial charge in [0.1, 0.15) is 0 Å². The topological polar surface area (TPSA) is 97.3 Å². The number of halogens is 3. The quantitative estimate of drug-likeness (QED) is 0.253. The van der Waals surface area contributed by atoms with Gasteiger partial charge in [-0.2, -0.15) is 13.2 Å². The Hall–Kier alpha value is -3.80. The van der Waals surface area contributed by atoms with Crippen LogP contribution in [0.3, 0.4) is 0 Å². The number of alkyl halides is 3. The van der Waals surface area contributed by atoms with E-state index in [2.05, 4.69) is 25.0 Å². The van der Waals surface area contributed by atoms with Gasteiger partial charge in [-0.05, 0) is 74.5 Å². The lowest BCUT2D eigenvalue weighted by Gasteiger charge is -2.30. The number of anilines is 2. The number of esters is 1. The fourth-order valence-corrected chi connectivity index (χ4v) is 4.45. The number of hydrogen-bond acceptors (Lipinski definition) is 8. The molecule has 0 unspecified atom stereocenters. The summed E-state index contributed by atoms with van der Waals surface area (Å²) in [5.74, 6) is -0.124. The van der Waals surface area contributed by atoms with E-state index in [-0.39, 0.29) is 30.0 Å². The molecule has 4 rings (SSSR count). The van der Waals surface area contributed by atoms with Crippen molar-refractivity contribution in [2.45, 2.75) is 37.8 Å². The van der Waals surface area contributed by atoms with E-state index in [9.17, 15) is 22.8 Å². The minimum atomic E-state index is -4.62. The minimum absolute atomic E-state index is 0.0507. The van der Waals surface area contributed by atoms with E-state index in [1.54, 1.807) is 7.41 Å². The zero-order chi connectivity index (χ0) is 27.1. The van der Waals surface area contributed by atoms with E-state index < -0.39 is 17.7 Å². The number of carbonyl (C=O) groups excluding carboxylic acids is 2. The van der Waals surface area contributed by atoms with Gasteiger partial charge in [0.2, 0.25) is 5.95 Å². The molecule has 12 heteroatoms. The molecule has 0 saturated carbocycles. The molecular formula is C26H26BF3N5O3. The molecular weight excluding hydrogens is 498 g/mol. The second-order valence-electron chi connectivity index (χ2n) is 8.92. The van der Waals surface area contributed by atoms with Crippen LogP contribution in [0.1, 0.15) is 51.6 Å². The van der Waals surface area contributed by atoms with E-state index in [0.29, 0.717) is 17.3 Å². The molecule has 1 aromatic carbocycles. The van der Waals surface area contributed by atoms with Crippen LogP contribution < -0.4 is 5.32 Å². The van der Waals surface area contributed by atoms with Crippen LogP contribution in [-0.2, 0) is 28.5 Å². The fourth-order valence-electron chi connectivity index (χ4n) is 4.45. The van der Waals surface area contributed by atoms with E-state index in [1.165, 1.54) is 25.4 Å². The number of methoxy groups -OCH3 is 1. The number of rotatable bonds is 9. The first kappa shape index (κ1) is 27.2. The van der Waals surface area contributed by atoms with Gasteiger partial charge in [0, 0.05) is 23.8 Å². The number of carbonyl (C=O) groups is 2. The maximum atomic E-state index is 13.6. The summed E-state index contributed by atoms with van der Waals surface area (Å²) in [6.45, 7) is 1.63. The maximum Gasteiger partial charge on any atom is 0.419 e. The van der Waals surface area contributed by atoms with Gasteiger partial charge < -0.3 is 19.7 Å². The highest BCUT2D eigenvalue weighted by molar-refractivity contribution is 6.64. The lowest BCUT2D eigenvalue weighted by atomic mass is 9.84. The van der Waals surface area contributed by atoms with E-state index >= 15 is 0 Å². The van der Waals surface area contributed by atoms with Gasteiger partial charge in [0.15, 0.2) is 0 Å². The highest BCUT2D eigenvalue weighted by Gasteiger charge is 2.35. The average molecular weight is 524 g/mol.